The average molecular weight is 399 g/mol. The predicted octanol–water partition coefficient (Wildman–Crippen LogP) is 3.15. The van der Waals surface area contributed by atoms with Gasteiger partial charge >= 0.3 is 0 Å². The van der Waals surface area contributed by atoms with Crippen LogP contribution in [0.4, 0.5) is 5.69 Å². The van der Waals surface area contributed by atoms with Gasteiger partial charge in [0.25, 0.3) is 0 Å². The van der Waals surface area contributed by atoms with Crippen LogP contribution in [0.1, 0.15) is 17.5 Å². The van der Waals surface area contributed by atoms with E-state index in [2.05, 4.69) is 28.4 Å². The highest BCUT2D eigenvalue weighted by molar-refractivity contribution is 5.92. The lowest BCUT2D eigenvalue weighted by Gasteiger charge is -2.25. The third kappa shape index (κ3) is 6.48. The van der Waals surface area contributed by atoms with Crippen LogP contribution in [0.3, 0.4) is 0 Å². The Morgan fingerprint density at radius 3 is 2.45 bits per heavy atom. The highest BCUT2D eigenvalue weighted by Gasteiger charge is 2.14. The van der Waals surface area contributed by atoms with Gasteiger partial charge in [-0.2, -0.15) is 0 Å². The maximum Gasteiger partial charge on any atom is 0.238 e. The molecule has 6 heteroatoms. The van der Waals surface area contributed by atoms with E-state index in [1.807, 2.05) is 24.3 Å². The number of nitrogens with zero attached hydrogens (tertiary/aromatic N) is 1. The summed E-state index contributed by atoms with van der Waals surface area (Å²) in [5, 5.41) is 3.01. The van der Waals surface area contributed by atoms with Gasteiger partial charge in [0.2, 0.25) is 5.91 Å². The number of benzene rings is 2. The molecule has 1 heterocycles. The summed E-state index contributed by atoms with van der Waals surface area (Å²) in [6, 6.07) is 14.1. The van der Waals surface area contributed by atoms with Crippen molar-refractivity contribution in [2.24, 2.45) is 0 Å². The molecule has 29 heavy (non-hydrogen) atoms. The van der Waals surface area contributed by atoms with Gasteiger partial charge in [0, 0.05) is 18.8 Å². The molecule has 3 rings (SSSR count). The molecule has 1 saturated heterocycles. The van der Waals surface area contributed by atoms with Crippen molar-refractivity contribution < 1.29 is 19.0 Å². The Morgan fingerprint density at radius 1 is 1.00 bits per heavy atom. The summed E-state index contributed by atoms with van der Waals surface area (Å²) in [6.45, 7) is 3.42. The van der Waals surface area contributed by atoms with E-state index in [9.17, 15) is 4.79 Å². The molecule has 156 valence electrons. The van der Waals surface area contributed by atoms with Crippen molar-refractivity contribution in [3.8, 4) is 11.5 Å². The minimum Gasteiger partial charge on any atom is -0.493 e. The molecule has 2 aromatic carbocycles. The molecule has 1 fully saturated rings. The minimum atomic E-state index is 0.0226. The number of methoxy groups -OCH3 is 2. The number of rotatable bonds is 9. The molecule has 0 atom stereocenters. The fraction of sp³-hybridized carbons (Fsp3) is 0.435. The Kier molecular flexibility index (Phi) is 7.90. The van der Waals surface area contributed by atoms with Crippen LogP contribution in [0.15, 0.2) is 42.5 Å². The molecule has 6 nitrogen and oxygen atoms in total. The Balaban J connectivity index is 1.48. The maximum atomic E-state index is 12.3. The summed E-state index contributed by atoms with van der Waals surface area (Å²) < 4.78 is 16.0. The number of morpholine rings is 1. The molecule has 0 radical (unpaired) electrons. The van der Waals surface area contributed by atoms with Crippen molar-refractivity contribution >= 4 is 11.6 Å². The number of ether oxygens (including phenoxy) is 3. The van der Waals surface area contributed by atoms with Crippen molar-refractivity contribution in [1.82, 2.24) is 4.90 Å². The van der Waals surface area contributed by atoms with E-state index in [0.717, 1.165) is 49.5 Å². The van der Waals surface area contributed by atoms with Gasteiger partial charge in [-0.15, -0.1) is 0 Å². The van der Waals surface area contributed by atoms with E-state index >= 15 is 0 Å². The van der Waals surface area contributed by atoms with Gasteiger partial charge in [0.1, 0.15) is 0 Å². The Labute approximate surface area is 172 Å². The van der Waals surface area contributed by atoms with Crippen LogP contribution < -0.4 is 14.8 Å². The molecule has 1 amide bonds. The lowest BCUT2D eigenvalue weighted by molar-refractivity contribution is -0.118. The van der Waals surface area contributed by atoms with Crippen LogP contribution in [-0.4, -0.2) is 57.9 Å². The number of carbonyl (C=O) groups excluding carboxylic acids is 1. The van der Waals surface area contributed by atoms with Gasteiger partial charge in [-0.25, -0.2) is 0 Å². The van der Waals surface area contributed by atoms with Crippen LogP contribution in [0, 0.1) is 0 Å². The lowest BCUT2D eigenvalue weighted by Crippen LogP contribution is -2.41. The molecule has 0 aliphatic carbocycles. The monoisotopic (exact) mass is 398 g/mol. The first-order valence-corrected chi connectivity index (χ1v) is 10.1. The molecule has 0 aromatic heterocycles. The van der Waals surface area contributed by atoms with E-state index in [1.54, 1.807) is 14.2 Å². The topological polar surface area (TPSA) is 60.0 Å². The van der Waals surface area contributed by atoms with Gasteiger partial charge in [-0.05, 0) is 54.7 Å². The summed E-state index contributed by atoms with van der Waals surface area (Å²) in [5.41, 5.74) is 3.29. The third-order valence-electron chi connectivity index (χ3n) is 5.06. The molecule has 0 unspecified atom stereocenters. The number of carbonyl (C=O) groups is 1. The number of hydrogen-bond donors (Lipinski definition) is 1. The van der Waals surface area contributed by atoms with E-state index in [4.69, 9.17) is 14.2 Å². The van der Waals surface area contributed by atoms with Crippen LogP contribution in [0.5, 0.6) is 11.5 Å². The molecule has 2 aromatic rings. The summed E-state index contributed by atoms with van der Waals surface area (Å²) in [6.07, 6.45) is 2.91. The smallest absolute Gasteiger partial charge is 0.238 e. The summed E-state index contributed by atoms with van der Waals surface area (Å²) >= 11 is 0. The normalized spacial score (nSPS) is 14.4. The van der Waals surface area contributed by atoms with Crippen molar-refractivity contribution in [1.29, 1.82) is 0 Å². The van der Waals surface area contributed by atoms with Crippen molar-refractivity contribution in [2.75, 3.05) is 52.4 Å². The number of nitrogens with one attached hydrogen (secondary N) is 1. The lowest BCUT2D eigenvalue weighted by atomic mass is 10.0. The van der Waals surface area contributed by atoms with Crippen molar-refractivity contribution in [3.63, 3.8) is 0 Å². The van der Waals surface area contributed by atoms with Gasteiger partial charge in [-0.3, -0.25) is 9.69 Å². The zero-order valence-electron chi connectivity index (χ0n) is 17.3. The molecular formula is C23H30N2O4. The maximum absolute atomic E-state index is 12.3. The first-order valence-electron chi connectivity index (χ1n) is 10.1. The van der Waals surface area contributed by atoms with Gasteiger partial charge in [0.15, 0.2) is 11.5 Å². The molecule has 1 aliphatic heterocycles. The highest BCUT2D eigenvalue weighted by Crippen LogP contribution is 2.28. The second-order valence-corrected chi connectivity index (χ2v) is 7.18. The fourth-order valence-corrected chi connectivity index (χ4v) is 3.50. The quantitative estimate of drug-likeness (QED) is 0.703. The van der Waals surface area contributed by atoms with Crippen molar-refractivity contribution in [2.45, 2.75) is 19.3 Å². The number of amides is 1. The summed E-state index contributed by atoms with van der Waals surface area (Å²) in [7, 11) is 3.30. The van der Waals surface area contributed by atoms with Crippen LogP contribution in [-0.2, 0) is 22.4 Å². The molecule has 0 bridgehead atoms. The third-order valence-corrected chi connectivity index (χ3v) is 5.06. The SMILES string of the molecule is COc1ccc(CCCc2cccc(NC(=O)CN3CCOCC3)c2)cc1OC. The number of hydrogen-bond acceptors (Lipinski definition) is 5. The molecular weight excluding hydrogens is 368 g/mol. The van der Waals surface area contributed by atoms with E-state index in [-0.39, 0.29) is 5.91 Å². The largest absolute Gasteiger partial charge is 0.493 e. The van der Waals surface area contributed by atoms with Gasteiger partial charge in [0.05, 0.1) is 34.0 Å². The summed E-state index contributed by atoms with van der Waals surface area (Å²) in [4.78, 5) is 14.4. The van der Waals surface area contributed by atoms with E-state index < -0.39 is 0 Å². The summed E-state index contributed by atoms with van der Waals surface area (Å²) in [5.74, 6) is 1.53. The van der Waals surface area contributed by atoms with E-state index in [1.165, 1.54) is 11.1 Å². The zero-order chi connectivity index (χ0) is 20.5. The van der Waals surface area contributed by atoms with Gasteiger partial charge in [-0.1, -0.05) is 18.2 Å². The first-order chi connectivity index (χ1) is 14.2. The second kappa shape index (κ2) is 10.8. The van der Waals surface area contributed by atoms with Crippen molar-refractivity contribution in [3.05, 3.63) is 53.6 Å². The number of aryl methyl sites for hydroxylation is 2. The molecule has 1 N–H and O–H groups in total. The number of anilines is 1. The Morgan fingerprint density at radius 2 is 1.72 bits per heavy atom. The first kappa shape index (κ1) is 21.1. The van der Waals surface area contributed by atoms with Gasteiger partial charge < -0.3 is 19.5 Å². The molecule has 0 spiro atoms. The highest BCUT2D eigenvalue weighted by atomic mass is 16.5. The Hall–Kier alpha value is -2.57. The standard InChI is InChI=1S/C23H30N2O4/c1-27-21-10-9-19(16-22(21)28-2)6-3-5-18-7-4-8-20(15-18)24-23(26)17-25-11-13-29-14-12-25/h4,7-10,15-16H,3,5-6,11-14,17H2,1-2H3,(H,24,26). The predicted molar refractivity (Wildman–Crippen MR) is 114 cm³/mol. The minimum absolute atomic E-state index is 0.0226. The van der Waals surface area contributed by atoms with Crippen LogP contribution in [0.2, 0.25) is 0 Å². The zero-order valence-corrected chi connectivity index (χ0v) is 17.3. The molecule has 1 aliphatic rings. The van der Waals surface area contributed by atoms with Crippen LogP contribution >= 0.6 is 0 Å². The second-order valence-electron chi connectivity index (χ2n) is 7.18. The Bertz CT molecular complexity index is 803. The molecule has 0 saturated carbocycles. The fourth-order valence-electron chi connectivity index (χ4n) is 3.50. The average Bonchev–Trinajstić information content (AvgIpc) is 2.74. The van der Waals surface area contributed by atoms with Crippen LogP contribution in [0.25, 0.3) is 0 Å². The van der Waals surface area contributed by atoms with E-state index in [0.29, 0.717) is 19.8 Å².